The fourth-order valence-corrected chi connectivity index (χ4v) is 2.70. The van der Waals surface area contributed by atoms with Crippen LogP contribution >= 0.6 is 11.6 Å². The molecule has 20 heavy (non-hydrogen) atoms. The first kappa shape index (κ1) is 14.7. The lowest BCUT2D eigenvalue weighted by atomic mass is 10.3. The van der Waals surface area contributed by atoms with Crippen LogP contribution in [0.4, 0.5) is 10.1 Å². The molecule has 0 fully saturated rings. The molecule has 5 nitrogen and oxygen atoms in total. The van der Waals surface area contributed by atoms with E-state index in [1.165, 1.54) is 18.3 Å². The summed E-state index contributed by atoms with van der Waals surface area (Å²) < 4.78 is 39.5. The van der Waals surface area contributed by atoms with Gasteiger partial charge in [0.2, 0.25) is 0 Å². The first-order valence-electron chi connectivity index (χ1n) is 5.54. The Kier molecular flexibility index (Phi) is 4.22. The van der Waals surface area contributed by atoms with Crippen LogP contribution in [0.25, 0.3) is 0 Å². The fourth-order valence-electron chi connectivity index (χ4n) is 1.51. The van der Waals surface area contributed by atoms with E-state index in [-0.39, 0.29) is 22.3 Å². The molecule has 0 amide bonds. The summed E-state index contributed by atoms with van der Waals surface area (Å²) in [5.41, 5.74) is 6.14. The van der Waals surface area contributed by atoms with Gasteiger partial charge >= 0.3 is 0 Å². The predicted octanol–water partition coefficient (Wildman–Crippen LogP) is 2.13. The summed E-state index contributed by atoms with van der Waals surface area (Å²) >= 11 is 5.66. The number of rotatable bonds is 4. The molecule has 8 heteroatoms. The van der Waals surface area contributed by atoms with Crippen molar-refractivity contribution in [3.8, 4) is 0 Å². The van der Waals surface area contributed by atoms with Crippen molar-refractivity contribution in [2.24, 2.45) is 5.73 Å². The molecule has 3 N–H and O–H groups in total. The molecule has 0 unspecified atom stereocenters. The molecule has 2 aromatic rings. The minimum Gasteiger partial charge on any atom is -0.326 e. The average molecular weight is 316 g/mol. The summed E-state index contributed by atoms with van der Waals surface area (Å²) in [6.07, 6.45) is 1.37. The van der Waals surface area contributed by atoms with E-state index in [4.69, 9.17) is 17.3 Å². The Morgan fingerprint density at radius 2 is 2.05 bits per heavy atom. The van der Waals surface area contributed by atoms with Crippen molar-refractivity contribution >= 4 is 27.3 Å². The van der Waals surface area contributed by atoms with Crippen LogP contribution in [0.2, 0.25) is 5.02 Å². The highest BCUT2D eigenvalue weighted by Gasteiger charge is 2.16. The molecule has 0 aliphatic carbocycles. The van der Waals surface area contributed by atoms with Crippen LogP contribution in [-0.2, 0) is 16.6 Å². The zero-order valence-electron chi connectivity index (χ0n) is 10.2. The Bertz CT molecular complexity index is 700. The Hall–Kier alpha value is -1.70. The van der Waals surface area contributed by atoms with Crippen LogP contribution < -0.4 is 10.5 Å². The van der Waals surface area contributed by atoms with Crippen molar-refractivity contribution in [2.45, 2.75) is 11.6 Å². The average Bonchev–Trinajstić information content (AvgIpc) is 2.37. The van der Waals surface area contributed by atoms with Crippen molar-refractivity contribution in [1.82, 2.24) is 4.98 Å². The third-order valence-electron chi connectivity index (χ3n) is 2.42. The quantitative estimate of drug-likeness (QED) is 0.905. The third kappa shape index (κ3) is 3.44. The van der Waals surface area contributed by atoms with Crippen LogP contribution in [0.15, 0.2) is 41.6 Å². The molecule has 106 valence electrons. The molecule has 1 aromatic carbocycles. The molecule has 0 bridgehead atoms. The van der Waals surface area contributed by atoms with E-state index in [0.717, 1.165) is 12.1 Å². The van der Waals surface area contributed by atoms with Crippen molar-refractivity contribution < 1.29 is 12.8 Å². The Morgan fingerprint density at radius 1 is 1.30 bits per heavy atom. The highest BCUT2D eigenvalue weighted by atomic mass is 35.5. The molecular formula is C12H11ClFN3O2S. The predicted molar refractivity (Wildman–Crippen MR) is 74.3 cm³/mol. The van der Waals surface area contributed by atoms with Gasteiger partial charge in [0.05, 0.1) is 5.69 Å². The fraction of sp³-hybridized carbons (Fsp3) is 0.0833. The van der Waals surface area contributed by atoms with Gasteiger partial charge in [-0.15, -0.1) is 0 Å². The van der Waals surface area contributed by atoms with E-state index in [1.807, 2.05) is 0 Å². The van der Waals surface area contributed by atoms with E-state index in [9.17, 15) is 12.8 Å². The molecule has 0 aliphatic heterocycles. The van der Waals surface area contributed by atoms with E-state index in [0.29, 0.717) is 5.56 Å². The van der Waals surface area contributed by atoms with Gasteiger partial charge in [0, 0.05) is 17.8 Å². The van der Waals surface area contributed by atoms with E-state index in [2.05, 4.69) is 9.71 Å². The molecular weight excluding hydrogens is 305 g/mol. The number of sulfonamides is 1. The smallest absolute Gasteiger partial charge is 0.279 e. The van der Waals surface area contributed by atoms with E-state index >= 15 is 0 Å². The summed E-state index contributed by atoms with van der Waals surface area (Å²) in [6.45, 7) is 0.264. The first-order valence-corrected chi connectivity index (χ1v) is 7.41. The molecule has 1 heterocycles. The van der Waals surface area contributed by atoms with Gasteiger partial charge in [0.1, 0.15) is 5.82 Å². The second-order valence-electron chi connectivity index (χ2n) is 3.97. The molecule has 0 spiro atoms. The molecule has 0 saturated heterocycles. The second-order valence-corrected chi connectivity index (χ2v) is 6.04. The maximum atomic E-state index is 13.2. The Labute approximate surface area is 120 Å². The van der Waals surface area contributed by atoms with Gasteiger partial charge in [-0.05, 0) is 29.8 Å². The lowest BCUT2D eigenvalue weighted by molar-refractivity contribution is 0.597. The van der Waals surface area contributed by atoms with Crippen LogP contribution in [0, 0.1) is 5.82 Å². The second kappa shape index (κ2) is 5.74. The lowest BCUT2D eigenvalue weighted by Gasteiger charge is -2.08. The summed E-state index contributed by atoms with van der Waals surface area (Å²) in [4.78, 5) is 3.81. The third-order valence-corrected chi connectivity index (χ3v) is 3.94. The maximum Gasteiger partial charge on any atom is 0.279 e. The number of halogens is 2. The monoisotopic (exact) mass is 315 g/mol. The number of anilines is 1. The van der Waals surface area contributed by atoms with Crippen LogP contribution in [-0.4, -0.2) is 13.4 Å². The van der Waals surface area contributed by atoms with Crippen LogP contribution in [0.1, 0.15) is 5.56 Å². The molecule has 0 saturated carbocycles. The molecule has 2 rings (SSSR count). The topological polar surface area (TPSA) is 85.1 Å². The number of pyridine rings is 1. The zero-order valence-corrected chi connectivity index (χ0v) is 11.7. The van der Waals surface area contributed by atoms with Gasteiger partial charge in [-0.25, -0.2) is 9.37 Å². The Balaban J connectivity index is 2.30. The number of nitrogens with zero attached hydrogens (tertiary/aromatic N) is 1. The first-order chi connectivity index (χ1) is 9.40. The van der Waals surface area contributed by atoms with E-state index < -0.39 is 15.8 Å². The highest BCUT2D eigenvalue weighted by molar-refractivity contribution is 7.92. The van der Waals surface area contributed by atoms with Gasteiger partial charge in [0.25, 0.3) is 10.0 Å². The normalized spacial score (nSPS) is 11.3. The zero-order chi connectivity index (χ0) is 14.8. The van der Waals surface area contributed by atoms with Crippen LogP contribution in [0.3, 0.4) is 0 Å². The molecule has 0 aliphatic rings. The van der Waals surface area contributed by atoms with Gasteiger partial charge in [-0.3, -0.25) is 4.72 Å². The van der Waals surface area contributed by atoms with Crippen molar-refractivity contribution in [1.29, 1.82) is 0 Å². The van der Waals surface area contributed by atoms with E-state index in [1.54, 1.807) is 6.07 Å². The van der Waals surface area contributed by atoms with Gasteiger partial charge in [-0.2, -0.15) is 8.42 Å². The standard InChI is InChI=1S/C12H11ClFN3O2S/c13-9-3-10(14)5-11(4-9)17-20(18,19)12-2-1-8(6-15)7-16-12/h1-5,7,17H,6,15H2. The Morgan fingerprint density at radius 3 is 2.60 bits per heavy atom. The van der Waals surface area contributed by atoms with Gasteiger partial charge < -0.3 is 5.73 Å². The summed E-state index contributed by atoms with van der Waals surface area (Å²) in [6, 6.07) is 6.29. The molecule has 0 radical (unpaired) electrons. The number of nitrogens with one attached hydrogen (secondary N) is 1. The largest absolute Gasteiger partial charge is 0.326 e. The van der Waals surface area contributed by atoms with Crippen molar-refractivity contribution in [3.05, 3.63) is 52.9 Å². The van der Waals surface area contributed by atoms with Gasteiger partial charge in [0.15, 0.2) is 5.03 Å². The summed E-state index contributed by atoms with van der Waals surface area (Å²) in [5.74, 6) is -0.637. The number of nitrogens with two attached hydrogens (primary N) is 1. The SMILES string of the molecule is NCc1ccc(S(=O)(=O)Nc2cc(F)cc(Cl)c2)nc1. The molecule has 1 aromatic heterocycles. The van der Waals surface area contributed by atoms with Crippen molar-refractivity contribution in [3.63, 3.8) is 0 Å². The summed E-state index contributed by atoms with van der Waals surface area (Å²) in [7, 11) is -3.90. The van der Waals surface area contributed by atoms with Gasteiger partial charge in [-0.1, -0.05) is 17.7 Å². The number of hydrogen-bond acceptors (Lipinski definition) is 4. The number of benzene rings is 1. The minimum atomic E-state index is -3.90. The summed E-state index contributed by atoms with van der Waals surface area (Å²) in [5, 5.41) is -0.0933. The highest BCUT2D eigenvalue weighted by Crippen LogP contribution is 2.20. The lowest BCUT2D eigenvalue weighted by Crippen LogP contribution is -2.15. The number of hydrogen-bond donors (Lipinski definition) is 2. The molecule has 0 atom stereocenters. The van der Waals surface area contributed by atoms with Crippen LogP contribution in [0.5, 0.6) is 0 Å². The maximum absolute atomic E-state index is 13.2. The number of aromatic nitrogens is 1. The minimum absolute atomic E-state index is 0.0275. The van der Waals surface area contributed by atoms with Crippen molar-refractivity contribution in [2.75, 3.05) is 4.72 Å².